The molecule has 0 aliphatic rings. The largest absolute Gasteiger partial charge is 0.380 e. The van der Waals surface area contributed by atoms with Crippen molar-refractivity contribution in [1.29, 1.82) is 0 Å². The Morgan fingerprint density at radius 1 is 1.64 bits per heavy atom. The van der Waals surface area contributed by atoms with E-state index in [1.165, 1.54) is 0 Å². The quantitative estimate of drug-likeness (QED) is 0.371. The number of aliphatic hydroxyl groups excluding tert-OH is 1. The second-order valence-corrected chi connectivity index (χ2v) is 2.46. The van der Waals surface area contributed by atoms with Crippen LogP contribution in [0.3, 0.4) is 0 Å². The summed E-state index contributed by atoms with van der Waals surface area (Å²) in [4.78, 5) is 0. The molecule has 62 valence electrons. The molecule has 0 amide bonds. The average molecular weight is 152 g/mol. The lowest BCUT2D eigenvalue weighted by atomic mass is 10.2. The van der Waals surface area contributed by atoms with Crippen molar-refractivity contribution in [3.8, 4) is 11.8 Å². The molecule has 0 saturated heterocycles. The van der Waals surface area contributed by atoms with Crippen molar-refractivity contribution in [3.63, 3.8) is 0 Å². The molecule has 0 aromatic rings. The number of rotatable bonds is 4. The van der Waals surface area contributed by atoms with Crippen molar-refractivity contribution < 1.29 is 5.11 Å². The topological polar surface area (TPSA) is 20.2 Å². The zero-order valence-electron chi connectivity index (χ0n) is 7.14. The molecule has 1 atom stereocenters. The molecule has 1 heteroatoms. The second kappa shape index (κ2) is 7.37. The van der Waals surface area contributed by atoms with E-state index in [4.69, 9.17) is 5.11 Å². The molecule has 0 radical (unpaired) electrons. The van der Waals surface area contributed by atoms with Crippen molar-refractivity contribution in [1.82, 2.24) is 0 Å². The Balaban J connectivity index is 3.42. The van der Waals surface area contributed by atoms with E-state index in [1.807, 2.05) is 0 Å². The van der Waals surface area contributed by atoms with Gasteiger partial charge < -0.3 is 5.11 Å². The Morgan fingerprint density at radius 2 is 2.36 bits per heavy atom. The van der Waals surface area contributed by atoms with E-state index < -0.39 is 6.10 Å². The molecule has 11 heavy (non-hydrogen) atoms. The fraction of sp³-hybridized carbons (Fsp3) is 0.600. The normalized spacial score (nSPS) is 11.5. The van der Waals surface area contributed by atoms with Gasteiger partial charge >= 0.3 is 0 Å². The van der Waals surface area contributed by atoms with Gasteiger partial charge in [-0.25, -0.2) is 0 Å². The van der Waals surface area contributed by atoms with Crippen LogP contribution in [0.4, 0.5) is 0 Å². The Morgan fingerprint density at radius 3 is 2.91 bits per heavy atom. The van der Waals surface area contributed by atoms with Gasteiger partial charge in [0.05, 0.1) is 0 Å². The summed E-state index contributed by atoms with van der Waals surface area (Å²) in [5.41, 5.74) is 0. The Kier molecular flexibility index (Phi) is 6.87. The minimum absolute atomic E-state index is 0.510. The van der Waals surface area contributed by atoms with Crippen LogP contribution in [0.15, 0.2) is 12.7 Å². The first kappa shape index (κ1) is 10.3. The highest BCUT2D eigenvalue weighted by molar-refractivity contribution is 5.05. The first-order valence-corrected chi connectivity index (χ1v) is 4.08. The molecule has 0 rings (SSSR count). The molecule has 0 spiro atoms. The van der Waals surface area contributed by atoms with Crippen molar-refractivity contribution in [2.45, 2.75) is 38.7 Å². The van der Waals surface area contributed by atoms with Crippen LogP contribution < -0.4 is 0 Å². The smallest absolute Gasteiger partial charge is 0.118 e. The lowest BCUT2D eigenvalue weighted by Crippen LogP contribution is -1.99. The predicted octanol–water partition coefficient (Wildman–Crippen LogP) is 2.12. The summed E-state index contributed by atoms with van der Waals surface area (Å²) < 4.78 is 0. The van der Waals surface area contributed by atoms with Crippen LogP contribution in [0.5, 0.6) is 0 Å². The molecule has 0 heterocycles. The molecule has 1 N–H and O–H groups in total. The maximum absolute atomic E-state index is 9.10. The molecule has 0 aromatic heterocycles. The van der Waals surface area contributed by atoms with E-state index in [-0.39, 0.29) is 0 Å². The van der Waals surface area contributed by atoms with E-state index in [1.54, 1.807) is 6.08 Å². The van der Waals surface area contributed by atoms with Gasteiger partial charge in [-0.2, -0.15) is 0 Å². The van der Waals surface area contributed by atoms with E-state index in [9.17, 15) is 0 Å². The molecule has 0 bridgehead atoms. The second-order valence-electron chi connectivity index (χ2n) is 2.46. The Hall–Kier alpha value is -0.740. The highest BCUT2D eigenvalue weighted by Gasteiger charge is 1.91. The third kappa shape index (κ3) is 7.15. The van der Waals surface area contributed by atoms with Crippen molar-refractivity contribution in [2.24, 2.45) is 0 Å². The van der Waals surface area contributed by atoms with Crippen LogP contribution in [0.2, 0.25) is 0 Å². The molecular formula is C10H16O. The predicted molar refractivity (Wildman–Crippen MR) is 48.1 cm³/mol. The SMILES string of the molecule is C=CCC(O)C#CCCCC. The lowest BCUT2D eigenvalue weighted by Gasteiger charge is -1.94. The van der Waals surface area contributed by atoms with E-state index >= 15 is 0 Å². The lowest BCUT2D eigenvalue weighted by molar-refractivity contribution is 0.236. The van der Waals surface area contributed by atoms with Crippen LogP contribution in [-0.2, 0) is 0 Å². The van der Waals surface area contributed by atoms with Gasteiger partial charge in [-0.15, -0.1) is 12.5 Å². The van der Waals surface area contributed by atoms with E-state index in [0.29, 0.717) is 6.42 Å². The van der Waals surface area contributed by atoms with Crippen LogP contribution in [-0.4, -0.2) is 11.2 Å². The number of unbranched alkanes of at least 4 members (excludes halogenated alkanes) is 2. The molecule has 0 aliphatic heterocycles. The molecule has 0 aliphatic carbocycles. The fourth-order valence-corrected chi connectivity index (χ4v) is 0.672. The molecule has 0 fully saturated rings. The van der Waals surface area contributed by atoms with Crippen LogP contribution in [0.1, 0.15) is 32.6 Å². The maximum Gasteiger partial charge on any atom is 0.118 e. The van der Waals surface area contributed by atoms with Crippen LogP contribution in [0, 0.1) is 11.8 Å². The summed E-state index contributed by atoms with van der Waals surface area (Å²) in [5, 5.41) is 9.10. The standard InChI is InChI=1S/C10H16O/c1-3-5-6-7-9-10(11)8-4-2/h4,10-11H,2-3,5-6,8H2,1H3. The van der Waals surface area contributed by atoms with Gasteiger partial charge in [-0.1, -0.05) is 25.3 Å². The van der Waals surface area contributed by atoms with Gasteiger partial charge in [-0.05, 0) is 6.42 Å². The van der Waals surface area contributed by atoms with Crippen molar-refractivity contribution >= 4 is 0 Å². The Labute approximate surface area is 69.1 Å². The van der Waals surface area contributed by atoms with Crippen molar-refractivity contribution in [3.05, 3.63) is 12.7 Å². The summed E-state index contributed by atoms with van der Waals surface area (Å²) in [6, 6.07) is 0. The van der Waals surface area contributed by atoms with Gasteiger partial charge in [0.1, 0.15) is 6.10 Å². The van der Waals surface area contributed by atoms with Gasteiger partial charge in [0.25, 0.3) is 0 Å². The molecule has 0 aromatic carbocycles. The number of hydrogen-bond acceptors (Lipinski definition) is 1. The summed E-state index contributed by atoms with van der Waals surface area (Å²) in [5.74, 6) is 5.68. The Bertz CT molecular complexity index is 150. The van der Waals surface area contributed by atoms with E-state index in [2.05, 4.69) is 25.3 Å². The third-order valence-electron chi connectivity index (χ3n) is 1.31. The van der Waals surface area contributed by atoms with Crippen LogP contribution >= 0.6 is 0 Å². The summed E-state index contributed by atoms with van der Waals surface area (Å²) >= 11 is 0. The molecule has 1 nitrogen and oxygen atoms in total. The monoisotopic (exact) mass is 152 g/mol. The van der Waals surface area contributed by atoms with Gasteiger partial charge in [-0.3, -0.25) is 0 Å². The number of hydrogen-bond donors (Lipinski definition) is 1. The summed E-state index contributed by atoms with van der Waals surface area (Å²) in [7, 11) is 0. The summed E-state index contributed by atoms with van der Waals surface area (Å²) in [6.07, 6.45) is 4.91. The van der Waals surface area contributed by atoms with Gasteiger partial charge in [0.15, 0.2) is 0 Å². The molecule has 1 unspecified atom stereocenters. The first-order chi connectivity index (χ1) is 5.31. The molecular weight excluding hydrogens is 136 g/mol. The van der Waals surface area contributed by atoms with Crippen LogP contribution in [0.25, 0.3) is 0 Å². The zero-order valence-corrected chi connectivity index (χ0v) is 7.14. The summed E-state index contributed by atoms with van der Waals surface area (Å²) in [6.45, 7) is 5.64. The maximum atomic E-state index is 9.10. The minimum atomic E-state index is -0.510. The fourth-order valence-electron chi connectivity index (χ4n) is 0.672. The minimum Gasteiger partial charge on any atom is -0.380 e. The van der Waals surface area contributed by atoms with Crippen molar-refractivity contribution in [2.75, 3.05) is 0 Å². The highest BCUT2D eigenvalue weighted by Crippen LogP contribution is 1.93. The van der Waals surface area contributed by atoms with Gasteiger partial charge in [0, 0.05) is 12.8 Å². The van der Waals surface area contributed by atoms with E-state index in [0.717, 1.165) is 19.3 Å². The highest BCUT2D eigenvalue weighted by atomic mass is 16.3. The zero-order chi connectivity index (χ0) is 8.53. The molecule has 0 saturated carbocycles. The third-order valence-corrected chi connectivity index (χ3v) is 1.31. The average Bonchev–Trinajstić information content (AvgIpc) is 1.99. The first-order valence-electron chi connectivity index (χ1n) is 4.08. The van der Waals surface area contributed by atoms with Gasteiger partial charge in [0.2, 0.25) is 0 Å². The number of aliphatic hydroxyl groups is 1.